The van der Waals surface area contributed by atoms with Crippen LogP contribution in [0.4, 0.5) is 5.95 Å². The highest BCUT2D eigenvalue weighted by Gasteiger charge is 2.22. The minimum absolute atomic E-state index is 0.110. The zero-order valence-corrected chi connectivity index (χ0v) is 18.6. The first-order valence-electron chi connectivity index (χ1n) is 11.3. The maximum Gasteiger partial charge on any atom is 0.255 e. The van der Waals surface area contributed by atoms with E-state index in [0.717, 1.165) is 55.6 Å². The largest absolute Gasteiger partial charge is 0.339 e. The lowest BCUT2D eigenvalue weighted by atomic mass is 9.99. The van der Waals surface area contributed by atoms with Gasteiger partial charge in [-0.1, -0.05) is 18.2 Å². The normalized spacial score (nSPS) is 16.1. The maximum absolute atomic E-state index is 12.6. The van der Waals surface area contributed by atoms with Gasteiger partial charge in [0.15, 0.2) is 0 Å². The summed E-state index contributed by atoms with van der Waals surface area (Å²) in [5, 5.41) is 0. The van der Waals surface area contributed by atoms with Gasteiger partial charge >= 0.3 is 0 Å². The van der Waals surface area contributed by atoms with Crippen LogP contribution in [0.2, 0.25) is 0 Å². The zero-order valence-electron chi connectivity index (χ0n) is 18.6. The lowest BCUT2D eigenvalue weighted by Gasteiger charge is -2.30. The fraction of sp³-hybridized carbons (Fsp3) is 0.320. The molecule has 0 atom stereocenters. The van der Waals surface area contributed by atoms with Crippen LogP contribution in [-0.2, 0) is 7.05 Å². The van der Waals surface area contributed by atoms with Gasteiger partial charge in [0.2, 0.25) is 5.95 Å². The molecule has 0 spiro atoms. The molecule has 5 rings (SSSR count). The van der Waals surface area contributed by atoms with Gasteiger partial charge in [0.1, 0.15) is 6.33 Å². The van der Waals surface area contributed by atoms with Crippen molar-refractivity contribution in [3.05, 3.63) is 76.5 Å². The SMILES string of the molecule is Cn1c(N2CCC=C(c3ccc(C(=O)N4CCCC4)cc3)C2)nc(-c2ccncn2)cc1=O. The Kier molecular flexibility index (Phi) is 5.73. The van der Waals surface area contributed by atoms with Gasteiger partial charge in [0.05, 0.1) is 11.4 Å². The number of carbonyl (C=O) groups is 1. The molecule has 4 heterocycles. The molecule has 2 aliphatic heterocycles. The number of carbonyl (C=O) groups excluding carboxylic acids is 1. The van der Waals surface area contributed by atoms with Gasteiger partial charge in [-0.25, -0.2) is 15.0 Å². The van der Waals surface area contributed by atoms with E-state index in [0.29, 0.717) is 23.9 Å². The fourth-order valence-electron chi connectivity index (χ4n) is 4.44. The van der Waals surface area contributed by atoms with Crippen LogP contribution in [0, 0.1) is 0 Å². The van der Waals surface area contributed by atoms with Crippen LogP contribution in [0.25, 0.3) is 17.0 Å². The Bertz CT molecular complexity index is 1240. The maximum atomic E-state index is 12.6. The Labute approximate surface area is 192 Å². The smallest absolute Gasteiger partial charge is 0.255 e. The van der Waals surface area contributed by atoms with Gasteiger partial charge in [-0.05, 0) is 48.6 Å². The molecule has 0 radical (unpaired) electrons. The van der Waals surface area contributed by atoms with Crippen LogP contribution in [-0.4, -0.2) is 56.5 Å². The summed E-state index contributed by atoms with van der Waals surface area (Å²) in [6.07, 6.45) is 8.33. The summed E-state index contributed by atoms with van der Waals surface area (Å²) >= 11 is 0. The molecule has 3 aromatic rings. The van der Waals surface area contributed by atoms with E-state index in [4.69, 9.17) is 4.98 Å². The minimum atomic E-state index is -0.130. The molecule has 1 amide bonds. The van der Waals surface area contributed by atoms with Crippen LogP contribution < -0.4 is 10.5 Å². The lowest BCUT2D eigenvalue weighted by Crippen LogP contribution is -2.35. The Morgan fingerprint density at radius 2 is 1.79 bits per heavy atom. The van der Waals surface area contributed by atoms with Crippen molar-refractivity contribution < 1.29 is 4.79 Å². The Morgan fingerprint density at radius 1 is 1.00 bits per heavy atom. The van der Waals surface area contributed by atoms with Crippen molar-refractivity contribution in [3.63, 3.8) is 0 Å². The summed E-state index contributed by atoms with van der Waals surface area (Å²) in [5.41, 5.74) is 3.99. The molecule has 2 aromatic heterocycles. The molecule has 0 bridgehead atoms. The summed E-state index contributed by atoms with van der Waals surface area (Å²) in [6.45, 7) is 3.09. The van der Waals surface area contributed by atoms with E-state index in [-0.39, 0.29) is 11.5 Å². The predicted molar refractivity (Wildman–Crippen MR) is 127 cm³/mol. The first-order valence-corrected chi connectivity index (χ1v) is 11.3. The quantitative estimate of drug-likeness (QED) is 0.618. The first kappa shape index (κ1) is 21.1. The average molecular weight is 443 g/mol. The number of nitrogens with zero attached hydrogens (tertiary/aromatic N) is 6. The number of amides is 1. The Balaban J connectivity index is 1.38. The van der Waals surface area contributed by atoms with Gasteiger partial charge in [-0.2, -0.15) is 0 Å². The zero-order chi connectivity index (χ0) is 22.8. The number of aromatic nitrogens is 4. The number of rotatable bonds is 4. The molecular formula is C25H26N6O2. The summed E-state index contributed by atoms with van der Waals surface area (Å²) in [7, 11) is 1.74. The molecule has 0 aliphatic carbocycles. The second kappa shape index (κ2) is 8.97. The third-order valence-electron chi connectivity index (χ3n) is 6.29. The fourth-order valence-corrected chi connectivity index (χ4v) is 4.44. The third-order valence-corrected chi connectivity index (χ3v) is 6.29. The van der Waals surface area contributed by atoms with Gasteiger partial charge in [-0.15, -0.1) is 0 Å². The van der Waals surface area contributed by atoms with E-state index < -0.39 is 0 Å². The highest BCUT2D eigenvalue weighted by Crippen LogP contribution is 2.25. The molecule has 1 aromatic carbocycles. The van der Waals surface area contributed by atoms with Crippen LogP contribution in [0.3, 0.4) is 0 Å². The lowest BCUT2D eigenvalue weighted by molar-refractivity contribution is 0.0793. The van der Waals surface area contributed by atoms with Crippen LogP contribution in [0.1, 0.15) is 35.2 Å². The van der Waals surface area contributed by atoms with Gasteiger partial charge in [0, 0.05) is 51.1 Å². The molecule has 33 heavy (non-hydrogen) atoms. The van der Waals surface area contributed by atoms with Crippen LogP contribution in [0.5, 0.6) is 0 Å². The summed E-state index contributed by atoms with van der Waals surface area (Å²) in [6, 6.07) is 11.1. The third kappa shape index (κ3) is 4.28. The van der Waals surface area contributed by atoms with E-state index >= 15 is 0 Å². The van der Waals surface area contributed by atoms with Crippen molar-refractivity contribution in [3.8, 4) is 11.4 Å². The Morgan fingerprint density at radius 3 is 2.52 bits per heavy atom. The summed E-state index contributed by atoms with van der Waals surface area (Å²) in [5.74, 6) is 0.724. The first-order chi connectivity index (χ1) is 16.1. The van der Waals surface area contributed by atoms with Gasteiger partial charge in [-0.3, -0.25) is 14.2 Å². The van der Waals surface area contributed by atoms with Crippen molar-refractivity contribution in [1.29, 1.82) is 0 Å². The molecule has 8 nitrogen and oxygen atoms in total. The number of benzene rings is 1. The molecule has 0 unspecified atom stereocenters. The van der Waals surface area contributed by atoms with Crippen molar-refractivity contribution in [2.75, 3.05) is 31.1 Å². The second-order valence-corrected chi connectivity index (χ2v) is 8.45. The summed E-state index contributed by atoms with van der Waals surface area (Å²) in [4.78, 5) is 42.3. The molecule has 0 saturated carbocycles. The highest BCUT2D eigenvalue weighted by atomic mass is 16.2. The second-order valence-electron chi connectivity index (χ2n) is 8.45. The predicted octanol–water partition coefficient (Wildman–Crippen LogP) is 2.77. The topological polar surface area (TPSA) is 84.2 Å². The molecular weight excluding hydrogens is 416 g/mol. The number of hydrogen-bond acceptors (Lipinski definition) is 6. The Hall–Kier alpha value is -3.81. The van der Waals surface area contributed by atoms with E-state index in [2.05, 4.69) is 20.9 Å². The molecule has 1 saturated heterocycles. The number of anilines is 1. The molecule has 2 aliphatic rings. The monoisotopic (exact) mass is 442 g/mol. The van der Waals surface area contributed by atoms with E-state index in [1.54, 1.807) is 23.9 Å². The molecule has 8 heteroatoms. The highest BCUT2D eigenvalue weighted by molar-refractivity contribution is 5.94. The molecule has 168 valence electrons. The van der Waals surface area contributed by atoms with Crippen LogP contribution in [0.15, 0.2) is 59.8 Å². The van der Waals surface area contributed by atoms with E-state index in [9.17, 15) is 9.59 Å². The number of hydrogen-bond donors (Lipinski definition) is 0. The molecule has 1 fully saturated rings. The van der Waals surface area contributed by atoms with E-state index in [1.165, 1.54) is 12.4 Å². The number of likely N-dealkylation sites (tertiary alicyclic amines) is 1. The van der Waals surface area contributed by atoms with Crippen molar-refractivity contribution in [1.82, 2.24) is 24.4 Å². The van der Waals surface area contributed by atoms with E-state index in [1.807, 2.05) is 29.2 Å². The van der Waals surface area contributed by atoms with Gasteiger partial charge < -0.3 is 9.80 Å². The minimum Gasteiger partial charge on any atom is -0.339 e. The van der Waals surface area contributed by atoms with Crippen molar-refractivity contribution in [2.24, 2.45) is 7.05 Å². The van der Waals surface area contributed by atoms with Gasteiger partial charge in [0.25, 0.3) is 11.5 Å². The standard InChI is InChI=1S/C25H26N6O2/c1-29-23(32)15-22(21-10-11-26-17-27-21)28-25(29)31-14-4-5-20(16-31)18-6-8-19(9-7-18)24(33)30-12-2-3-13-30/h5-11,15,17H,2-4,12-14,16H2,1H3. The molecule has 0 N–H and O–H groups in total. The summed E-state index contributed by atoms with van der Waals surface area (Å²) < 4.78 is 1.57. The van der Waals surface area contributed by atoms with Crippen molar-refractivity contribution >= 4 is 17.4 Å². The van der Waals surface area contributed by atoms with Crippen LogP contribution >= 0.6 is 0 Å². The van der Waals surface area contributed by atoms with Crippen molar-refractivity contribution in [2.45, 2.75) is 19.3 Å². The average Bonchev–Trinajstić information content (AvgIpc) is 3.41.